The van der Waals surface area contributed by atoms with Crippen LogP contribution in [0.2, 0.25) is 0 Å². The zero-order valence-electron chi connectivity index (χ0n) is 17.2. The van der Waals surface area contributed by atoms with Crippen LogP contribution in [0.1, 0.15) is 36.6 Å². The average molecular weight is 485 g/mol. The third-order valence-electron chi connectivity index (χ3n) is 4.30. The molecule has 0 aliphatic heterocycles. The number of aliphatic imine (C=N–C) groups is 1. The summed E-state index contributed by atoms with van der Waals surface area (Å²) in [5.74, 6) is 2.18. The van der Waals surface area contributed by atoms with E-state index in [0.29, 0.717) is 5.92 Å². The molecule has 1 aromatic heterocycles. The fraction of sp³-hybridized carbons (Fsp3) is 0.500. The fourth-order valence-electron chi connectivity index (χ4n) is 3.02. The first kappa shape index (κ1) is 23.3. The molecule has 0 saturated heterocycles. The summed E-state index contributed by atoms with van der Waals surface area (Å²) in [7, 11) is 7.53. The molecule has 0 spiro atoms. The zero-order chi connectivity index (χ0) is 19.1. The van der Waals surface area contributed by atoms with Gasteiger partial charge >= 0.3 is 0 Å². The number of nitrogens with zero attached hydrogens (tertiary/aromatic N) is 4. The maximum Gasteiger partial charge on any atom is 0.193 e. The number of hydrogen-bond acceptors (Lipinski definition) is 3. The number of hydrogen-bond donors (Lipinski definition) is 1. The quantitative estimate of drug-likeness (QED) is 0.371. The lowest BCUT2D eigenvalue weighted by atomic mass is 10.1. The highest BCUT2D eigenvalue weighted by Gasteiger charge is 2.15. The molecule has 0 unspecified atom stereocenters. The molecule has 0 radical (unpaired) electrons. The second kappa shape index (κ2) is 11.2. The van der Waals surface area contributed by atoms with Crippen molar-refractivity contribution in [2.75, 3.05) is 27.7 Å². The lowest BCUT2D eigenvalue weighted by Gasteiger charge is -2.22. The summed E-state index contributed by atoms with van der Waals surface area (Å²) in [6.07, 6.45) is 3.00. The molecule has 0 bridgehead atoms. The average Bonchev–Trinajstić information content (AvgIpc) is 2.99. The molecule has 0 aliphatic rings. The number of benzene rings is 1. The van der Waals surface area contributed by atoms with Crippen LogP contribution in [-0.4, -0.2) is 48.4 Å². The molecule has 1 heterocycles. The summed E-state index contributed by atoms with van der Waals surface area (Å²) >= 11 is 0. The Hall–Kier alpha value is -1.77. The Kier molecular flexibility index (Phi) is 9.62. The van der Waals surface area contributed by atoms with Gasteiger partial charge in [0, 0.05) is 46.0 Å². The maximum absolute atomic E-state index is 5.28. The van der Waals surface area contributed by atoms with Crippen LogP contribution in [0, 0.1) is 0 Å². The minimum Gasteiger partial charge on any atom is -0.497 e. The highest BCUT2D eigenvalue weighted by atomic mass is 127. The Labute approximate surface area is 180 Å². The molecule has 2 aromatic rings. The van der Waals surface area contributed by atoms with E-state index in [0.717, 1.165) is 36.9 Å². The summed E-state index contributed by atoms with van der Waals surface area (Å²) in [6, 6.07) is 8.16. The maximum atomic E-state index is 5.28. The number of rotatable bonds is 7. The first-order valence-corrected chi connectivity index (χ1v) is 9.01. The molecule has 0 atom stereocenters. The van der Waals surface area contributed by atoms with E-state index in [9.17, 15) is 0 Å². The van der Waals surface area contributed by atoms with Gasteiger partial charge in [-0.25, -0.2) is 0 Å². The molecule has 0 aliphatic carbocycles. The molecule has 0 fully saturated rings. The molecular weight excluding hydrogens is 453 g/mol. The molecule has 150 valence electrons. The fourth-order valence-corrected chi connectivity index (χ4v) is 3.02. The van der Waals surface area contributed by atoms with Crippen molar-refractivity contribution in [3.05, 3.63) is 47.3 Å². The van der Waals surface area contributed by atoms with E-state index in [1.54, 1.807) is 7.11 Å². The van der Waals surface area contributed by atoms with Gasteiger partial charge in [-0.15, -0.1) is 24.0 Å². The lowest BCUT2D eigenvalue weighted by molar-refractivity contribution is 0.414. The Balaban J connectivity index is 0.00000364. The molecule has 1 N–H and O–H groups in total. The first-order valence-electron chi connectivity index (χ1n) is 9.01. The van der Waals surface area contributed by atoms with E-state index >= 15 is 0 Å². The highest BCUT2D eigenvalue weighted by Crippen LogP contribution is 2.18. The van der Waals surface area contributed by atoms with Gasteiger partial charge in [0.05, 0.1) is 12.8 Å². The SMILES string of the molecule is CN=C(NCCc1cccc(OC)c1)N(C)Cc1cn(C)nc1C(C)C.I. The van der Waals surface area contributed by atoms with Gasteiger partial charge in [0.25, 0.3) is 0 Å². The number of aromatic nitrogens is 2. The Morgan fingerprint density at radius 1 is 1.37 bits per heavy atom. The minimum absolute atomic E-state index is 0. The molecular formula is C20H32IN5O. The zero-order valence-corrected chi connectivity index (χ0v) is 19.5. The Morgan fingerprint density at radius 2 is 2.11 bits per heavy atom. The van der Waals surface area contributed by atoms with Gasteiger partial charge in [0.15, 0.2) is 5.96 Å². The van der Waals surface area contributed by atoms with Gasteiger partial charge in [-0.3, -0.25) is 9.67 Å². The largest absolute Gasteiger partial charge is 0.497 e. The summed E-state index contributed by atoms with van der Waals surface area (Å²) in [4.78, 5) is 6.54. The molecule has 7 heteroatoms. The second-order valence-electron chi connectivity index (χ2n) is 6.80. The van der Waals surface area contributed by atoms with E-state index in [2.05, 4.69) is 59.5 Å². The summed E-state index contributed by atoms with van der Waals surface area (Å²) < 4.78 is 7.17. The molecule has 2 rings (SSSR count). The van der Waals surface area contributed by atoms with E-state index in [1.807, 2.05) is 30.9 Å². The van der Waals surface area contributed by atoms with Crippen molar-refractivity contribution >= 4 is 29.9 Å². The number of aryl methyl sites for hydroxylation is 1. The number of nitrogens with one attached hydrogen (secondary N) is 1. The van der Waals surface area contributed by atoms with Crippen molar-refractivity contribution in [3.8, 4) is 5.75 Å². The van der Waals surface area contributed by atoms with Crippen molar-refractivity contribution in [1.29, 1.82) is 0 Å². The lowest BCUT2D eigenvalue weighted by Crippen LogP contribution is -2.39. The number of guanidine groups is 1. The van der Waals surface area contributed by atoms with Crippen molar-refractivity contribution in [3.63, 3.8) is 0 Å². The van der Waals surface area contributed by atoms with Gasteiger partial charge in [-0.1, -0.05) is 26.0 Å². The third-order valence-corrected chi connectivity index (χ3v) is 4.30. The van der Waals surface area contributed by atoms with Gasteiger partial charge in [-0.05, 0) is 30.0 Å². The van der Waals surface area contributed by atoms with E-state index in [4.69, 9.17) is 4.74 Å². The number of halogens is 1. The van der Waals surface area contributed by atoms with Gasteiger partial charge < -0.3 is 15.0 Å². The summed E-state index contributed by atoms with van der Waals surface area (Å²) in [6.45, 7) is 5.94. The van der Waals surface area contributed by atoms with E-state index < -0.39 is 0 Å². The molecule has 27 heavy (non-hydrogen) atoms. The summed E-state index contributed by atoms with van der Waals surface area (Å²) in [5, 5.41) is 8.02. The van der Waals surface area contributed by atoms with Crippen LogP contribution in [0.4, 0.5) is 0 Å². The van der Waals surface area contributed by atoms with Crippen LogP contribution >= 0.6 is 24.0 Å². The second-order valence-corrected chi connectivity index (χ2v) is 6.80. The minimum atomic E-state index is 0. The Morgan fingerprint density at radius 3 is 2.74 bits per heavy atom. The topological polar surface area (TPSA) is 54.7 Å². The molecule has 0 amide bonds. The summed E-state index contributed by atoms with van der Waals surface area (Å²) in [5.41, 5.74) is 3.62. The number of ether oxygens (including phenoxy) is 1. The highest BCUT2D eigenvalue weighted by molar-refractivity contribution is 14.0. The van der Waals surface area contributed by atoms with Crippen LogP contribution < -0.4 is 10.1 Å². The van der Waals surface area contributed by atoms with E-state index in [-0.39, 0.29) is 24.0 Å². The predicted molar refractivity (Wildman–Crippen MR) is 122 cm³/mol. The van der Waals surface area contributed by atoms with Crippen LogP contribution in [0.5, 0.6) is 5.75 Å². The molecule has 6 nitrogen and oxygen atoms in total. The van der Waals surface area contributed by atoms with E-state index in [1.165, 1.54) is 11.1 Å². The van der Waals surface area contributed by atoms with Crippen molar-refractivity contribution in [2.24, 2.45) is 12.0 Å². The number of methoxy groups -OCH3 is 1. The van der Waals surface area contributed by atoms with Crippen molar-refractivity contribution < 1.29 is 4.74 Å². The Bertz CT molecular complexity index is 742. The standard InChI is InChI=1S/C20H31N5O.HI/c1-15(2)19-17(14-25(5)23-19)13-24(4)20(21-3)22-11-10-16-8-7-9-18(12-16)26-6;/h7-9,12,14-15H,10-11,13H2,1-6H3,(H,21,22);1H. The third kappa shape index (κ3) is 6.71. The molecule has 1 aromatic carbocycles. The van der Waals surface area contributed by atoms with Crippen LogP contribution in [0.25, 0.3) is 0 Å². The van der Waals surface area contributed by atoms with Crippen molar-refractivity contribution in [1.82, 2.24) is 20.0 Å². The van der Waals surface area contributed by atoms with Crippen LogP contribution in [0.3, 0.4) is 0 Å². The first-order chi connectivity index (χ1) is 12.4. The smallest absolute Gasteiger partial charge is 0.193 e. The van der Waals surface area contributed by atoms with Gasteiger partial charge in [-0.2, -0.15) is 5.10 Å². The monoisotopic (exact) mass is 485 g/mol. The van der Waals surface area contributed by atoms with Crippen molar-refractivity contribution in [2.45, 2.75) is 32.7 Å². The normalized spacial score (nSPS) is 11.3. The van der Waals surface area contributed by atoms with Crippen LogP contribution in [0.15, 0.2) is 35.5 Å². The molecule has 0 saturated carbocycles. The van der Waals surface area contributed by atoms with Gasteiger partial charge in [0.2, 0.25) is 0 Å². The van der Waals surface area contributed by atoms with Crippen LogP contribution in [-0.2, 0) is 20.0 Å². The van der Waals surface area contributed by atoms with Gasteiger partial charge in [0.1, 0.15) is 5.75 Å². The predicted octanol–water partition coefficient (Wildman–Crippen LogP) is 3.42.